The predicted molar refractivity (Wildman–Crippen MR) is 114 cm³/mol. The number of phenols is 1. The average molecular weight is 449 g/mol. The van der Waals surface area contributed by atoms with Gasteiger partial charge in [-0.1, -0.05) is 12.1 Å². The van der Waals surface area contributed by atoms with Crippen LogP contribution >= 0.6 is 0 Å². The van der Waals surface area contributed by atoms with E-state index in [0.29, 0.717) is 0 Å². The van der Waals surface area contributed by atoms with E-state index in [9.17, 15) is 39.9 Å². The summed E-state index contributed by atoms with van der Waals surface area (Å²) in [7, 11) is 0. The SMILES string of the molecule is CC(=O)CC(=O)C(CO)C(CCO)CC1CC(=O)c2c(O)cccc2C1(O)CO.O.O.[HH].[HH]. The maximum atomic E-state index is 12.6. The van der Waals surface area contributed by atoms with Crippen LogP contribution in [0, 0.1) is 17.8 Å². The Balaban J connectivity index is -0.00000225. The highest BCUT2D eigenvalue weighted by Crippen LogP contribution is 2.46. The van der Waals surface area contributed by atoms with Crippen LogP contribution in [-0.4, -0.2) is 73.7 Å². The van der Waals surface area contributed by atoms with Crippen molar-refractivity contribution in [3.05, 3.63) is 29.3 Å². The zero-order valence-electron chi connectivity index (χ0n) is 17.4. The van der Waals surface area contributed by atoms with E-state index >= 15 is 0 Å². The van der Waals surface area contributed by atoms with E-state index in [1.54, 1.807) is 0 Å². The molecule has 1 aromatic rings. The number of rotatable bonds is 10. The van der Waals surface area contributed by atoms with Gasteiger partial charge in [-0.2, -0.15) is 0 Å². The molecule has 0 saturated heterocycles. The van der Waals surface area contributed by atoms with Crippen molar-refractivity contribution in [2.24, 2.45) is 17.8 Å². The quantitative estimate of drug-likeness (QED) is 0.284. The Kier molecular flexibility index (Phi) is 11.1. The Labute approximate surface area is 182 Å². The molecule has 180 valence electrons. The standard InChI is InChI=1S/C21H28O8.2H2O.2H2/c1-12(25)7-18(27)15(10-23)13(5-6-22)8-14-9-19(28)20-16(21(14,29)11-24)3-2-4-17(20)26;;;;/h2-4,13-15,22-24,26,29H,5-11H2,1H3;2*1H2;2*1H. The monoisotopic (exact) mass is 448 g/mol. The van der Waals surface area contributed by atoms with Gasteiger partial charge in [0.15, 0.2) is 5.78 Å². The highest BCUT2D eigenvalue weighted by Gasteiger charge is 2.47. The molecule has 10 nitrogen and oxygen atoms in total. The molecular formula is C21H36O10. The molecule has 1 aliphatic rings. The molecule has 0 radical (unpaired) electrons. The third-order valence-electron chi connectivity index (χ3n) is 5.83. The number of hydrogen-bond acceptors (Lipinski definition) is 8. The van der Waals surface area contributed by atoms with Crippen molar-refractivity contribution >= 4 is 17.3 Å². The normalized spacial score (nSPS) is 21.8. The summed E-state index contributed by atoms with van der Waals surface area (Å²) in [6.45, 7) is -0.268. The van der Waals surface area contributed by atoms with Gasteiger partial charge in [-0.3, -0.25) is 14.4 Å². The summed E-state index contributed by atoms with van der Waals surface area (Å²) in [5, 5.41) is 50.4. The third kappa shape index (κ3) is 5.94. The minimum atomic E-state index is -1.83. The second kappa shape index (κ2) is 12.0. The van der Waals surface area contributed by atoms with Crippen LogP contribution in [0.3, 0.4) is 0 Å². The van der Waals surface area contributed by atoms with Crippen molar-refractivity contribution in [1.82, 2.24) is 0 Å². The van der Waals surface area contributed by atoms with Crippen LogP contribution in [-0.2, 0) is 15.2 Å². The fraction of sp³-hybridized carbons (Fsp3) is 0.571. The summed E-state index contributed by atoms with van der Waals surface area (Å²) in [6.07, 6.45) is -0.346. The van der Waals surface area contributed by atoms with Crippen molar-refractivity contribution in [3.8, 4) is 5.75 Å². The fourth-order valence-electron chi connectivity index (χ4n) is 4.31. The first-order valence-corrected chi connectivity index (χ1v) is 9.62. The molecule has 0 fully saturated rings. The summed E-state index contributed by atoms with van der Waals surface area (Å²) in [5.74, 6) is -3.84. The molecule has 0 bridgehead atoms. The van der Waals surface area contributed by atoms with Gasteiger partial charge in [0.1, 0.15) is 22.9 Å². The van der Waals surface area contributed by atoms with Crippen molar-refractivity contribution in [2.75, 3.05) is 19.8 Å². The van der Waals surface area contributed by atoms with Crippen LogP contribution in [0.1, 0.15) is 51.4 Å². The second-order valence-corrected chi connectivity index (χ2v) is 7.75. The number of aliphatic hydroxyl groups excluding tert-OH is 3. The number of carbonyl (C=O) groups is 3. The Morgan fingerprint density at radius 2 is 1.87 bits per heavy atom. The largest absolute Gasteiger partial charge is 0.507 e. The molecule has 0 saturated carbocycles. The van der Waals surface area contributed by atoms with Gasteiger partial charge in [-0.25, -0.2) is 0 Å². The van der Waals surface area contributed by atoms with Crippen LogP contribution in [0.25, 0.3) is 0 Å². The Morgan fingerprint density at radius 3 is 2.39 bits per heavy atom. The first-order valence-electron chi connectivity index (χ1n) is 9.62. The summed E-state index contributed by atoms with van der Waals surface area (Å²) in [4.78, 5) is 36.3. The summed E-state index contributed by atoms with van der Waals surface area (Å²) in [5.41, 5.74) is -1.76. The third-order valence-corrected chi connectivity index (χ3v) is 5.83. The van der Waals surface area contributed by atoms with Crippen molar-refractivity contribution < 1.29 is 53.7 Å². The number of benzene rings is 1. The molecular weight excluding hydrogens is 412 g/mol. The first kappa shape index (κ1) is 28.8. The molecule has 4 unspecified atom stereocenters. The van der Waals surface area contributed by atoms with Crippen molar-refractivity contribution in [2.45, 2.75) is 38.2 Å². The molecule has 0 aliphatic heterocycles. The maximum absolute atomic E-state index is 12.6. The van der Waals surface area contributed by atoms with E-state index < -0.39 is 48.1 Å². The van der Waals surface area contributed by atoms with Crippen LogP contribution in [0.5, 0.6) is 5.75 Å². The molecule has 1 aliphatic carbocycles. The summed E-state index contributed by atoms with van der Waals surface area (Å²) >= 11 is 0. The number of ketones is 3. The molecule has 0 amide bonds. The Bertz CT molecular complexity index is 788. The van der Waals surface area contributed by atoms with E-state index in [1.807, 2.05) is 0 Å². The van der Waals surface area contributed by atoms with Crippen LogP contribution in [0.15, 0.2) is 18.2 Å². The van der Waals surface area contributed by atoms with Gasteiger partial charge < -0.3 is 36.5 Å². The van der Waals surface area contributed by atoms with Crippen molar-refractivity contribution in [3.63, 3.8) is 0 Å². The number of aromatic hydroxyl groups is 1. The maximum Gasteiger partial charge on any atom is 0.167 e. The highest BCUT2D eigenvalue weighted by molar-refractivity contribution is 6.02. The molecule has 10 heteroatoms. The van der Waals surface area contributed by atoms with E-state index in [1.165, 1.54) is 25.1 Å². The molecule has 1 aromatic carbocycles. The lowest BCUT2D eigenvalue weighted by molar-refractivity contribution is -0.132. The van der Waals surface area contributed by atoms with E-state index in [4.69, 9.17) is 0 Å². The summed E-state index contributed by atoms with van der Waals surface area (Å²) < 4.78 is 0. The zero-order chi connectivity index (χ0) is 21.8. The molecule has 0 heterocycles. The van der Waals surface area contributed by atoms with Gasteiger partial charge in [-0.05, 0) is 31.7 Å². The molecule has 2 rings (SSSR count). The Hall–Kier alpha value is -2.21. The van der Waals surface area contributed by atoms with Crippen LogP contribution < -0.4 is 0 Å². The minimum absolute atomic E-state index is 0. The van der Waals surface area contributed by atoms with E-state index in [2.05, 4.69) is 0 Å². The van der Waals surface area contributed by atoms with Gasteiger partial charge in [0.05, 0.1) is 25.2 Å². The highest BCUT2D eigenvalue weighted by atomic mass is 16.3. The average Bonchev–Trinajstić information content (AvgIpc) is 2.65. The van der Waals surface area contributed by atoms with Gasteiger partial charge in [0, 0.05) is 33.3 Å². The van der Waals surface area contributed by atoms with Crippen molar-refractivity contribution in [1.29, 1.82) is 0 Å². The van der Waals surface area contributed by atoms with Gasteiger partial charge in [0.2, 0.25) is 0 Å². The van der Waals surface area contributed by atoms with E-state index in [-0.39, 0.29) is 68.8 Å². The molecule has 0 aromatic heterocycles. The smallest absolute Gasteiger partial charge is 0.167 e. The molecule has 9 N–H and O–H groups in total. The lowest BCUT2D eigenvalue weighted by Crippen LogP contribution is -2.46. The van der Waals surface area contributed by atoms with Gasteiger partial charge in [-0.15, -0.1) is 0 Å². The summed E-state index contributed by atoms with van der Waals surface area (Å²) in [6, 6.07) is 4.25. The van der Waals surface area contributed by atoms with Crippen LogP contribution in [0.2, 0.25) is 0 Å². The minimum Gasteiger partial charge on any atom is -0.507 e. The Morgan fingerprint density at radius 1 is 1.23 bits per heavy atom. The lowest BCUT2D eigenvalue weighted by Gasteiger charge is -2.42. The number of phenolic OH excluding ortho intramolecular Hbond substituents is 1. The second-order valence-electron chi connectivity index (χ2n) is 7.75. The fourth-order valence-corrected chi connectivity index (χ4v) is 4.31. The molecule has 31 heavy (non-hydrogen) atoms. The zero-order valence-corrected chi connectivity index (χ0v) is 17.4. The number of carbonyl (C=O) groups excluding carboxylic acids is 3. The molecule has 4 atom stereocenters. The number of aliphatic hydroxyl groups is 4. The van der Waals surface area contributed by atoms with Gasteiger partial charge >= 0.3 is 0 Å². The number of Topliss-reactive ketones (excluding diaryl/α,β-unsaturated/α-hetero) is 3. The van der Waals surface area contributed by atoms with Gasteiger partial charge in [0.25, 0.3) is 0 Å². The lowest BCUT2D eigenvalue weighted by atomic mass is 9.66. The van der Waals surface area contributed by atoms with E-state index in [0.717, 1.165) is 0 Å². The first-order chi connectivity index (χ1) is 13.7. The predicted octanol–water partition coefficient (Wildman–Crippen LogP) is -0.837. The van der Waals surface area contributed by atoms with Crippen LogP contribution in [0.4, 0.5) is 0 Å². The topological polar surface area (TPSA) is 215 Å². The number of fused-ring (bicyclic) bond motifs is 1. The number of hydrogen-bond donors (Lipinski definition) is 5. The molecule has 0 spiro atoms.